The molecule has 1 aromatic heterocycles. The van der Waals surface area contributed by atoms with Crippen LogP contribution in [0, 0.1) is 24.0 Å². The molecule has 0 spiro atoms. The molecule has 2 rings (SSSR count). The Morgan fingerprint density at radius 3 is 2.67 bits per heavy atom. The van der Waals surface area contributed by atoms with Crippen molar-refractivity contribution in [3.63, 3.8) is 0 Å². The summed E-state index contributed by atoms with van der Waals surface area (Å²) in [7, 11) is 0. The van der Waals surface area contributed by atoms with Crippen LogP contribution in [0.5, 0.6) is 0 Å². The topological polar surface area (TPSA) is 56.0 Å². The van der Waals surface area contributed by atoms with Gasteiger partial charge in [-0.05, 0) is 32.0 Å². The van der Waals surface area contributed by atoms with Gasteiger partial charge in [0.05, 0.1) is 4.92 Å². The SMILES string of the molecule is Cc1cccc(Sc2cc(C)c([N+](=O)[O-])cn2)c1. The Kier molecular flexibility index (Phi) is 3.62. The van der Waals surface area contributed by atoms with Gasteiger partial charge in [0.25, 0.3) is 5.69 Å². The maximum Gasteiger partial charge on any atom is 0.290 e. The number of aryl methyl sites for hydroxylation is 2. The van der Waals surface area contributed by atoms with Gasteiger partial charge in [-0.25, -0.2) is 4.98 Å². The first-order chi connectivity index (χ1) is 8.56. The van der Waals surface area contributed by atoms with E-state index in [2.05, 4.69) is 11.1 Å². The Morgan fingerprint density at radius 1 is 1.28 bits per heavy atom. The molecule has 0 bridgehead atoms. The number of benzene rings is 1. The van der Waals surface area contributed by atoms with Crippen molar-refractivity contribution in [2.24, 2.45) is 0 Å². The van der Waals surface area contributed by atoms with E-state index in [1.807, 2.05) is 25.1 Å². The van der Waals surface area contributed by atoms with E-state index in [1.165, 1.54) is 23.5 Å². The first-order valence-corrected chi connectivity index (χ1v) is 6.23. The van der Waals surface area contributed by atoms with Crippen molar-refractivity contribution in [2.75, 3.05) is 0 Å². The van der Waals surface area contributed by atoms with Crippen molar-refractivity contribution in [3.8, 4) is 0 Å². The highest BCUT2D eigenvalue weighted by molar-refractivity contribution is 7.99. The summed E-state index contributed by atoms with van der Waals surface area (Å²) in [5.74, 6) is 0. The second kappa shape index (κ2) is 5.18. The van der Waals surface area contributed by atoms with E-state index in [0.29, 0.717) is 5.56 Å². The van der Waals surface area contributed by atoms with E-state index in [0.717, 1.165) is 9.92 Å². The van der Waals surface area contributed by atoms with E-state index in [-0.39, 0.29) is 5.69 Å². The molecule has 0 atom stereocenters. The number of nitro groups is 1. The Balaban J connectivity index is 2.25. The van der Waals surface area contributed by atoms with Crippen molar-refractivity contribution < 1.29 is 4.92 Å². The summed E-state index contributed by atoms with van der Waals surface area (Å²) in [6.07, 6.45) is 1.31. The maximum atomic E-state index is 10.7. The van der Waals surface area contributed by atoms with E-state index >= 15 is 0 Å². The molecular formula is C13H12N2O2S. The minimum Gasteiger partial charge on any atom is -0.258 e. The maximum absolute atomic E-state index is 10.7. The van der Waals surface area contributed by atoms with Crippen LogP contribution in [0.3, 0.4) is 0 Å². The zero-order chi connectivity index (χ0) is 13.1. The summed E-state index contributed by atoms with van der Waals surface area (Å²) in [6.45, 7) is 3.75. The molecule has 0 aliphatic carbocycles. The van der Waals surface area contributed by atoms with Gasteiger partial charge in [0.1, 0.15) is 11.2 Å². The van der Waals surface area contributed by atoms with E-state index in [4.69, 9.17) is 0 Å². The van der Waals surface area contributed by atoms with Crippen LogP contribution in [0.25, 0.3) is 0 Å². The van der Waals surface area contributed by atoms with Gasteiger partial charge in [-0.1, -0.05) is 29.5 Å². The third-order valence-electron chi connectivity index (χ3n) is 2.47. The normalized spacial score (nSPS) is 10.3. The van der Waals surface area contributed by atoms with Gasteiger partial charge in [-0.15, -0.1) is 0 Å². The highest BCUT2D eigenvalue weighted by Gasteiger charge is 2.11. The molecule has 0 fully saturated rings. The predicted octanol–water partition coefficient (Wildman–Crippen LogP) is 3.76. The minimum absolute atomic E-state index is 0.0589. The first kappa shape index (κ1) is 12.6. The quantitative estimate of drug-likeness (QED) is 0.623. The van der Waals surface area contributed by atoms with Crippen LogP contribution in [-0.4, -0.2) is 9.91 Å². The van der Waals surface area contributed by atoms with Crippen LogP contribution in [-0.2, 0) is 0 Å². The fourth-order valence-electron chi connectivity index (χ4n) is 1.57. The summed E-state index contributed by atoms with van der Waals surface area (Å²) < 4.78 is 0. The fourth-order valence-corrected chi connectivity index (χ4v) is 2.54. The van der Waals surface area contributed by atoms with E-state index in [9.17, 15) is 10.1 Å². The second-order valence-corrected chi connectivity index (χ2v) is 5.08. The number of hydrogen-bond donors (Lipinski definition) is 0. The second-order valence-electron chi connectivity index (χ2n) is 3.98. The molecule has 1 heterocycles. The predicted molar refractivity (Wildman–Crippen MR) is 70.9 cm³/mol. The zero-order valence-electron chi connectivity index (χ0n) is 10.1. The van der Waals surface area contributed by atoms with Gasteiger partial charge in [0.15, 0.2) is 0 Å². The Bertz CT molecular complexity index is 599. The summed E-state index contributed by atoms with van der Waals surface area (Å²) in [4.78, 5) is 15.5. The van der Waals surface area contributed by atoms with Gasteiger partial charge in [0.2, 0.25) is 0 Å². The van der Waals surface area contributed by atoms with Crippen molar-refractivity contribution in [3.05, 3.63) is 57.8 Å². The van der Waals surface area contributed by atoms with Crippen molar-refractivity contribution >= 4 is 17.4 Å². The summed E-state index contributed by atoms with van der Waals surface area (Å²) >= 11 is 1.50. The molecule has 0 aliphatic rings. The van der Waals surface area contributed by atoms with Crippen LogP contribution in [0.4, 0.5) is 5.69 Å². The lowest BCUT2D eigenvalue weighted by Crippen LogP contribution is -1.93. The van der Waals surface area contributed by atoms with Crippen LogP contribution in [0.1, 0.15) is 11.1 Å². The first-order valence-electron chi connectivity index (χ1n) is 5.42. The number of rotatable bonds is 3. The van der Waals surface area contributed by atoms with Gasteiger partial charge >= 0.3 is 0 Å². The molecule has 0 aliphatic heterocycles. The van der Waals surface area contributed by atoms with Crippen LogP contribution in [0.15, 0.2) is 46.5 Å². The average molecular weight is 260 g/mol. The number of aromatic nitrogens is 1. The van der Waals surface area contributed by atoms with Crippen molar-refractivity contribution in [1.29, 1.82) is 0 Å². The van der Waals surface area contributed by atoms with E-state index in [1.54, 1.807) is 13.0 Å². The zero-order valence-corrected chi connectivity index (χ0v) is 10.9. The highest BCUT2D eigenvalue weighted by Crippen LogP contribution is 2.29. The van der Waals surface area contributed by atoms with Crippen molar-refractivity contribution in [2.45, 2.75) is 23.8 Å². The van der Waals surface area contributed by atoms with Gasteiger partial charge in [-0.2, -0.15) is 0 Å². The molecule has 0 saturated carbocycles. The van der Waals surface area contributed by atoms with Crippen molar-refractivity contribution in [1.82, 2.24) is 4.98 Å². The highest BCUT2D eigenvalue weighted by atomic mass is 32.2. The molecule has 92 valence electrons. The molecular weight excluding hydrogens is 248 g/mol. The molecule has 0 amide bonds. The van der Waals surface area contributed by atoms with Gasteiger partial charge in [0, 0.05) is 10.5 Å². The number of pyridine rings is 1. The minimum atomic E-state index is -0.413. The lowest BCUT2D eigenvalue weighted by Gasteiger charge is -2.03. The smallest absolute Gasteiger partial charge is 0.258 e. The standard InChI is InChI=1S/C13H12N2O2S/c1-9-4-3-5-11(6-9)18-13-7-10(2)12(8-14-13)15(16)17/h3-8H,1-2H3. The molecule has 0 unspecified atom stereocenters. The van der Waals surface area contributed by atoms with E-state index < -0.39 is 4.92 Å². The van der Waals surface area contributed by atoms with Crippen LogP contribution >= 0.6 is 11.8 Å². The molecule has 1 aromatic carbocycles. The molecule has 4 nitrogen and oxygen atoms in total. The lowest BCUT2D eigenvalue weighted by molar-refractivity contribution is -0.385. The molecule has 5 heteroatoms. The van der Waals surface area contributed by atoms with Crippen LogP contribution in [0.2, 0.25) is 0 Å². The number of hydrogen-bond acceptors (Lipinski definition) is 4. The summed E-state index contributed by atoms with van der Waals surface area (Å²) in [6, 6.07) is 9.80. The largest absolute Gasteiger partial charge is 0.290 e. The lowest BCUT2D eigenvalue weighted by atomic mass is 10.2. The Hall–Kier alpha value is -1.88. The Morgan fingerprint density at radius 2 is 2.06 bits per heavy atom. The third-order valence-corrected chi connectivity index (χ3v) is 3.39. The molecule has 0 radical (unpaired) electrons. The third kappa shape index (κ3) is 2.87. The Labute approximate surface area is 109 Å². The molecule has 0 saturated heterocycles. The average Bonchev–Trinajstić information content (AvgIpc) is 2.28. The van der Waals surface area contributed by atoms with Crippen LogP contribution < -0.4 is 0 Å². The van der Waals surface area contributed by atoms with Gasteiger partial charge in [-0.3, -0.25) is 10.1 Å². The molecule has 2 aromatic rings. The number of nitrogens with zero attached hydrogens (tertiary/aromatic N) is 2. The summed E-state index contributed by atoms with van der Waals surface area (Å²) in [5, 5.41) is 11.5. The monoisotopic (exact) mass is 260 g/mol. The summed E-state index contributed by atoms with van der Waals surface area (Å²) in [5.41, 5.74) is 1.87. The molecule has 18 heavy (non-hydrogen) atoms. The van der Waals surface area contributed by atoms with Gasteiger partial charge < -0.3 is 0 Å². The molecule has 0 N–H and O–H groups in total. The fraction of sp³-hybridized carbons (Fsp3) is 0.154.